The van der Waals surface area contributed by atoms with Crippen LogP contribution in [-0.2, 0) is 4.79 Å². The summed E-state index contributed by atoms with van der Waals surface area (Å²) in [7, 11) is 0. The number of carbonyl (C=O) groups excluding carboxylic acids is 1. The minimum absolute atomic E-state index is 0.0937. The summed E-state index contributed by atoms with van der Waals surface area (Å²) < 4.78 is 0. The van der Waals surface area contributed by atoms with Gasteiger partial charge in [0, 0.05) is 6.42 Å². The number of rotatable bonds is 3. The van der Waals surface area contributed by atoms with Crippen molar-refractivity contribution in [2.75, 3.05) is 6.61 Å². The van der Waals surface area contributed by atoms with Gasteiger partial charge in [-0.1, -0.05) is 19.3 Å². The molecule has 0 heterocycles. The average Bonchev–Trinajstić information content (AvgIpc) is 2.06. The first-order valence-corrected chi connectivity index (χ1v) is 4.55. The number of ketones is 1. The van der Waals surface area contributed by atoms with Gasteiger partial charge in [0.1, 0.15) is 5.60 Å². The molecule has 0 radical (unpaired) electrons. The molecule has 0 atom stereocenters. The molecule has 3 nitrogen and oxygen atoms in total. The van der Waals surface area contributed by atoms with Gasteiger partial charge in [0.25, 0.3) is 0 Å². The fraction of sp³-hybridized carbons (Fsp3) is 0.889. The van der Waals surface area contributed by atoms with Crippen molar-refractivity contribution in [1.82, 2.24) is 0 Å². The summed E-state index contributed by atoms with van der Waals surface area (Å²) in [6.07, 6.45) is 4.20. The Kier molecular flexibility index (Phi) is 3.23. The van der Waals surface area contributed by atoms with Crippen LogP contribution in [-0.4, -0.2) is 28.2 Å². The quantitative estimate of drug-likeness (QED) is 0.656. The Morgan fingerprint density at radius 1 is 1.25 bits per heavy atom. The average molecular weight is 172 g/mol. The van der Waals surface area contributed by atoms with E-state index in [0.29, 0.717) is 12.8 Å². The van der Waals surface area contributed by atoms with E-state index in [9.17, 15) is 9.90 Å². The van der Waals surface area contributed by atoms with Crippen LogP contribution in [0.2, 0.25) is 0 Å². The van der Waals surface area contributed by atoms with Crippen molar-refractivity contribution in [1.29, 1.82) is 0 Å². The molecular formula is C9H16O3. The Morgan fingerprint density at radius 2 is 1.83 bits per heavy atom. The van der Waals surface area contributed by atoms with Gasteiger partial charge in [-0.3, -0.25) is 4.79 Å². The second kappa shape index (κ2) is 4.01. The minimum Gasteiger partial charge on any atom is -0.396 e. The van der Waals surface area contributed by atoms with E-state index in [1.54, 1.807) is 0 Å². The highest BCUT2D eigenvalue weighted by Crippen LogP contribution is 2.29. The molecular weight excluding hydrogens is 156 g/mol. The van der Waals surface area contributed by atoms with Crippen molar-refractivity contribution in [3.63, 3.8) is 0 Å². The van der Waals surface area contributed by atoms with Gasteiger partial charge in [0.05, 0.1) is 6.61 Å². The van der Waals surface area contributed by atoms with Crippen molar-refractivity contribution in [2.45, 2.75) is 44.1 Å². The number of aliphatic hydroxyl groups is 2. The van der Waals surface area contributed by atoms with Gasteiger partial charge in [0.15, 0.2) is 5.78 Å². The van der Waals surface area contributed by atoms with Crippen LogP contribution in [0.5, 0.6) is 0 Å². The molecule has 1 aliphatic rings. The van der Waals surface area contributed by atoms with E-state index in [4.69, 9.17) is 5.11 Å². The number of Topliss-reactive ketones (excluding diaryl/α,β-unsaturated/α-hetero) is 1. The largest absolute Gasteiger partial charge is 0.396 e. The van der Waals surface area contributed by atoms with E-state index in [0.717, 1.165) is 19.3 Å². The maximum atomic E-state index is 11.3. The molecule has 1 aliphatic carbocycles. The number of carbonyl (C=O) groups is 1. The molecule has 0 aromatic rings. The van der Waals surface area contributed by atoms with E-state index in [1.807, 2.05) is 0 Å². The Morgan fingerprint density at radius 3 is 2.33 bits per heavy atom. The zero-order valence-corrected chi connectivity index (χ0v) is 7.25. The zero-order chi connectivity index (χ0) is 9.03. The van der Waals surface area contributed by atoms with Crippen LogP contribution in [0.1, 0.15) is 38.5 Å². The van der Waals surface area contributed by atoms with Gasteiger partial charge in [-0.15, -0.1) is 0 Å². The van der Waals surface area contributed by atoms with Gasteiger partial charge in [-0.2, -0.15) is 0 Å². The lowest BCUT2D eigenvalue weighted by Crippen LogP contribution is -2.40. The number of aliphatic hydroxyl groups excluding tert-OH is 1. The Labute approximate surface area is 72.4 Å². The second-order valence-electron chi connectivity index (χ2n) is 3.49. The van der Waals surface area contributed by atoms with E-state index >= 15 is 0 Å². The van der Waals surface area contributed by atoms with E-state index < -0.39 is 5.60 Å². The molecule has 70 valence electrons. The molecule has 0 unspecified atom stereocenters. The molecule has 2 N–H and O–H groups in total. The summed E-state index contributed by atoms with van der Waals surface area (Å²) in [6.45, 7) is -0.152. The van der Waals surface area contributed by atoms with Crippen molar-refractivity contribution in [3.8, 4) is 0 Å². The molecule has 3 heteroatoms. The molecule has 0 saturated heterocycles. The lowest BCUT2D eigenvalue weighted by molar-refractivity contribution is -0.141. The maximum absolute atomic E-state index is 11.3. The normalized spacial score (nSPS) is 22.2. The highest BCUT2D eigenvalue weighted by molar-refractivity contribution is 5.87. The summed E-state index contributed by atoms with van der Waals surface area (Å²) in [5, 5.41) is 18.4. The summed E-state index contributed by atoms with van der Waals surface area (Å²) in [6, 6.07) is 0. The van der Waals surface area contributed by atoms with Crippen LogP contribution in [0.25, 0.3) is 0 Å². The highest BCUT2D eigenvalue weighted by atomic mass is 16.3. The van der Waals surface area contributed by atoms with Gasteiger partial charge in [-0.25, -0.2) is 0 Å². The molecule has 0 bridgehead atoms. The predicted octanol–water partition coefficient (Wildman–Crippen LogP) is 0.633. The topological polar surface area (TPSA) is 57.5 Å². The molecule has 1 fully saturated rings. The van der Waals surface area contributed by atoms with E-state index in [1.165, 1.54) is 0 Å². The molecule has 0 aromatic heterocycles. The summed E-state index contributed by atoms with van der Waals surface area (Å²) in [4.78, 5) is 11.3. The fourth-order valence-electron chi connectivity index (χ4n) is 1.75. The van der Waals surface area contributed by atoms with Crippen molar-refractivity contribution in [3.05, 3.63) is 0 Å². The highest BCUT2D eigenvalue weighted by Gasteiger charge is 2.35. The molecule has 1 saturated carbocycles. The van der Waals surface area contributed by atoms with Crippen LogP contribution >= 0.6 is 0 Å². The van der Waals surface area contributed by atoms with Gasteiger partial charge in [-0.05, 0) is 12.8 Å². The Bertz CT molecular complexity index is 159. The van der Waals surface area contributed by atoms with Crippen molar-refractivity contribution in [2.24, 2.45) is 0 Å². The van der Waals surface area contributed by atoms with Crippen LogP contribution in [0, 0.1) is 0 Å². The summed E-state index contributed by atoms with van der Waals surface area (Å²) in [5.41, 5.74) is -1.11. The van der Waals surface area contributed by atoms with Crippen LogP contribution in [0.3, 0.4) is 0 Å². The summed E-state index contributed by atoms with van der Waals surface area (Å²) in [5.74, 6) is -0.190. The standard InChI is InChI=1S/C9H16O3/c10-7-4-8(11)9(12)5-2-1-3-6-9/h10,12H,1-7H2. The molecule has 0 amide bonds. The lowest BCUT2D eigenvalue weighted by Gasteiger charge is -2.30. The molecule has 1 rings (SSSR count). The molecule has 12 heavy (non-hydrogen) atoms. The number of hydrogen-bond donors (Lipinski definition) is 2. The molecule has 0 aromatic carbocycles. The van der Waals surface area contributed by atoms with E-state index in [-0.39, 0.29) is 18.8 Å². The van der Waals surface area contributed by atoms with Gasteiger partial charge < -0.3 is 10.2 Å². The predicted molar refractivity (Wildman–Crippen MR) is 44.7 cm³/mol. The van der Waals surface area contributed by atoms with Crippen LogP contribution in [0.15, 0.2) is 0 Å². The van der Waals surface area contributed by atoms with E-state index in [2.05, 4.69) is 0 Å². The minimum atomic E-state index is -1.11. The van der Waals surface area contributed by atoms with Crippen molar-refractivity contribution >= 4 is 5.78 Å². The monoisotopic (exact) mass is 172 g/mol. The zero-order valence-electron chi connectivity index (χ0n) is 7.25. The maximum Gasteiger partial charge on any atom is 0.166 e. The van der Waals surface area contributed by atoms with Gasteiger partial charge >= 0.3 is 0 Å². The third-order valence-corrected chi connectivity index (χ3v) is 2.54. The third-order valence-electron chi connectivity index (χ3n) is 2.54. The van der Waals surface area contributed by atoms with Crippen molar-refractivity contribution < 1.29 is 15.0 Å². The first-order chi connectivity index (χ1) is 5.69. The first kappa shape index (κ1) is 9.68. The molecule has 0 spiro atoms. The first-order valence-electron chi connectivity index (χ1n) is 4.55. The summed E-state index contributed by atoms with van der Waals surface area (Å²) >= 11 is 0. The third kappa shape index (κ3) is 2.05. The Balaban J connectivity index is 2.50. The molecule has 0 aliphatic heterocycles. The smallest absolute Gasteiger partial charge is 0.166 e. The Hall–Kier alpha value is -0.410. The second-order valence-corrected chi connectivity index (χ2v) is 3.49. The van der Waals surface area contributed by atoms with Gasteiger partial charge in [0.2, 0.25) is 0 Å². The lowest BCUT2D eigenvalue weighted by atomic mass is 9.81. The van der Waals surface area contributed by atoms with Crippen LogP contribution in [0.4, 0.5) is 0 Å². The SMILES string of the molecule is O=C(CCO)C1(O)CCCCC1. The number of hydrogen-bond acceptors (Lipinski definition) is 3. The van der Waals surface area contributed by atoms with Crippen LogP contribution < -0.4 is 0 Å². The fourth-order valence-corrected chi connectivity index (χ4v) is 1.75.